The Bertz CT molecular complexity index is 576. The summed E-state index contributed by atoms with van der Waals surface area (Å²) < 4.78 is 11.2. The van der Waals surface area contributed by atoms with Crippen LogP contribution in [0, 0.1) is 6.92 Å². The molecule has 0 N–H and O–H groups in total. The van der Waals surface area contributed by atoms with Crippen LogP contribution in [0.5, 0.6) is 11.6 Å². The molecule has 2 aromatic rings. The molecule has 0 aliphatic carbocycles. The smallest absolute Gasteiger partial charge is 0.221 e. The second kappa shape index (κ2) is 7.84. The molecule has 0 atom stereocenters. The maximum Gasteiger partial charge on any atom is 0.221 e. The fourth-order valence-corrected chi connectivity index (χ4v) is 1.98. The number of aryl methyl sites for hydroxylation is 1. The van der Waals surface area contributed by atoms with Gasteiger partial charge in [0.1, 0.15) is 29.9 Å². The molecule has 2 rings (SSSR count). The number of ether oxygens (including phenoxy) is 2. The Hall–Kier alpha value is -1.81. The van der Waals surface area contributed by atoms with Crippen LogP contribution in [0.1, 0.15) is 24.7 Å². The van der Waals surface area contributed by atoms with E-state index >= 15 is 0 Å². The second-order valence-electron chi connectivity index (χ2n) is 4.62. The predicted octanol–water partition coefficient (Wildman–Crippen LogP) is 3.85. The number of benzene rings is 1. The Kier molecular flexibility index (Phi) is 5.81. The van der Waals surface area contributed by atoms with Gasteiger partial charge in [0.2, 0.25) is 5.88 Å². The van der Waals surface area contributed by atoms with Gasteiger partial charge in [-0.05, 0) is 25.5 Å². The summed E-state index contributed by atoms with van der Waals surface area (Å²) >= 11 is 6.10. The molecule has 1 heterocycles. The third-order valence-corrected chi connectivity index (χ3v) is 3.26. The molecule has 112 valence electrons. The highest BCUT2D eigenvalue weighted by Gasteiger charge is 2.10. The molecule has 0 amide bonds. The van der Waals surface area contributed by atoms with E-state index in [0.717, 1.165) is 24.2 Å². The van der Waals surface area contributed by atoms with Gasteiger partial charge in [0.15, 0.2) is 0 Å². The van der Waals surface area contributed by atoms with Gasteiger partial charge in [0.05, 0.1) is 0 Å². The van der Waals surface area contributed by atoms with Gasteiger partial charge in [-0.2, -0.15) is 4.98 Å². The van der Waals surface area contributed by atoms with Gasteiger partial charge in [0, 0.05) is 12.0 Å². The number of nitrogens with zero attached hydrogens (tertiary/aromatic N) is 2. The van der Waals surface area contributed by atoms with E-state index in [4.69, 9.17) is 21.1 Å². The summed E-state index contributed by atoms with van der Waals surface area (Å²) in [6.07, 6.45) is 1.76. The average Bonchev–Trinajstić information content (AvgIpc) is 2.49. The Labute approximate surface area is 130 Å². The summed E-state index contributed by atoms with van der Waals surface area (Å²) in [5.74, 6) is 2.08. The zero-order valence-electron chi connectivity index (χ0n) is 12.3. The maximum atomic E-state index is 6.10. The van der Waals surface area contributed by atoms with Crippen molar-refractivity contribution in [3.63, 3.8) is 0 Å². The first kappa shape index (κ1) is 15.6. The molecular formula is C16H19ClN2O2. The number of rotatable bonds is 7. The summed E-state index contributed by atoms with van der Waals surface area (Å²) in [5, 5.41) is 0.451. The maximum absolute atomic E-state index is 6.10. The van der Waals surface area contributed by atoms with Gasteiger partial charge < -0.3 is 9.47 Å². The highest BCUT2D eigenvalue weighted by Crippen LogP contribution is 2.22. The van der Waals surface area contributed by atoms with E-state index in [-0.39, 0.29) is 0 Å². The third-order valence-electron chi connectivity index (χ3n) is 2.90. The van der Waals surface area contributed by atoms with Crippen LogP contribution in [-0.4, -0.2) is 23.2 Å². The van der Waals surface area contributed by atoms with Gasteiger partial charge in [-0.1, -0.05) is 36.7 Å². The first-order chi connectivity index (χ1) is 10.2. The minimum absolute atomic E-state index is 0.411. The van der Waals surface area contributed by atoms with E-state index in [0.29, 0.717) is 30.1 Å². The van der Waals surface area contributed by atoms with E-state index in [9.17, 15) is 0 Å². The quantitative estimate of drug-likeness (QED) is 0.576. The highest BCUT2D eigenvalue weighted by molar-refractivity contribution is 6.30. The van der Waals surface area contributed by atoms with Crippen molar-refractivity contribution in [3.8, 4) is 11.6 Å². The van der Waals surface area contributed by atoms with Crippen molar-refractivity contribution in [2.75, 3.05) is 13.2 Å². The average molecular weight is 307 g/mol. The Morgan fingerprint density at radius 2 is 1.76 bits per heavy atom. The summed E-state index contributed by atoms with van der Waals surface area (Å²) in [6.45, 7) is 4.79. The molecule has 0 saturated carbocycles. The lowest BCUT2D eigenvalue weighted by Gasteiger charge is -2.11. The Morgan fingerprint density at radius 3 is 2.48 bits per heavy atom. The number of para-hydroxylation sites is 1. The fraction of sp³-hybridized carbons (Fsp3) is 0.375. The molecular weight excluding hydrogens is 288 g/mol. The van der Waals surface area contributed by atoms with Crippen molar-refractivity contribution < 1.29 is 9.47 Å². The van der Waals surface area contributed by atoms with Crippen LogP contribution in [0.15, 0.2) is 30.3 Å². The topological polar surface area (TPSA) is 44.2 Å². The monoisotopic (exact) mass is 306 g/mol. The van der Waals surface area contributed by atoms with Crippen molar-refractivity contribution in [1.29, 1.82) is 0 Å². The van der Waals surface area contributed by atoms with Gasteiger partial charge >= 0.3 is 0 Å². The molecule has 0 fully saturated rings. The molecule has 0 saturated heterocycles. The van der Waals surface area contributed by atoms with Crippen molar-refractivity contribution >= 4 is 11.6 Å². The van der Waals surface area contributed by atoms with Crippen molar-refractivity contribution in [3.05, 3.63) is 46.9 Å². The third kappa shape index (κ3) is 4.60. The van der Waals surface area contributed by atoms with Crippen LogP contribution >= 0.6 is 11.6 Å². The Balaban J connectivity index is 1.90. The molecule has 0 radical (unpaired) electrons. The summed E-state index contributed by atoms with van der Waals surface area (Å²) in [5.41, 5.74) is 0.760. The first-order valence-electron chi connectivity index (χ1n) is 7.04. The van der Waals surface area contributed by atoms with Gasteiger partial charge in [0.25, 0.3) is 0 Å². The van der Waals surface area contributed by atoms with E-state index in [1.165, 1.54) is 0 Å². The molecule has 0 spiro atoms. The Morgan fingerprint density at radius 1 is 1.05 bits per heavy atom. The van der Waals surface area contributed by atoms with Gasteiger partial charge in [-0.25, -0.2) is 4.98 Å². The van der Waals surface area contributed by atoms with Crippen LogP contribution in [0.25, 0.3) is 0 Å². The zero-order valence-corrected chi connectivity index (χ0v) is 13.1. The fourth-order valence-electron chi connectivity index (χ4n) is 1.80. The van der Waals surface area contributed by atoms with E-state index in [1.54, 1.807) is 0 Å². The van der Waals surface area contributed by atoms with Gasteiger partial charge in [-0.3, -0.25) is 0 Å². The lowest BCUT2D eigenvalue weighted by Crippen LogP contribution is -2.11. The minimum atomic E-state index is 0.411. The highest BCUT2D eigenvalue weighted by atomic mass is 35.5. The lowest BCUT2D eigenvalue weighted by molar-refractivity contribution is 0.210. The predicted molar refractivity (Wildman–Crippen MR) is 83.2 cm³/mol. The van der Waals surface area contributed by atoms with Crippen LogP contribution in [0.3, 0.4) is 0 Å². The first-order valence-corrected chi connectivity index (χ1v) is 7.42. The summed E-state index contributed by atoms with van der Waals surface area (Å²) in [6, 6.07) is 9.63. The molecule has 5 heteroatoms. The largest absolute Gasteiger partial charge is 0.490 e. The van der Waals surface area contributed by atoms with Crippen molar-refractivity contribution in [2.45, 2.75) is 26.7 Å². The number of hydrogen-bond donors (Lipinski definition) is 0. The van der Waals surface area contributed by atoms with Crippen LogP contribution in [-0.2, 0) is 6.42 Å². The lowest BCUT2D eigenvalue weighted by atomic mass is 10.3. The molecule has 0 aliphatic heterocycles. The summed E-state index contributed by atoms with van der Waals surface area (Å²) in [4.78, 5) is 8.64. The SMILES string of the molecule is CCCc1nc(Cl)c(C)c(OCCOc2ccccc2)n1. The van der Waals surface area contributed by atoms with Crippen molar-refractivity contribution in [1.82, 2.24) is 9.97 Å². The minimum Gasteiger partial charge on any atom is -0.490 e. The molecule has 0 unspecified atom stereocenters. The van der Waals surface area contributed by atoms with E-state index in [2.05, 4.69) is 16.9 Å². The molecule has 1 aromatic carbocycles. The van der Waals surface area contributed by atoms with E-state index in [1.807, 2.05) is 37.3 Å². The second-order valence-corrected chi connectivity index (χ2v) is 4.98. The molecule has 0 bridgehead atoms. The molecule has 1 aromatic heterocycles. The zero-order chi connectivity index (χ0) is 15.1. The van der Waals surface area contributed by atoms with Crippen LogP contribution in [0.2, 0.25) is 5.15 Å². The molecule has 21 heavy (non-hydrogen) atoms. The molecule has 0 aliphatic rings. The number of hydrogen-bond acceptors (Lipinski definition) is 4. The normalized spacial score (nSPS) is 10.4. The standard InChI is InChI=1S/C16H19ClN2O2/c1-3-7-14-18-15(17)12(2)16(19-14)21-11-10-20-13-8-5-4-6-9-13/h4-6,8-9H,3,7,10-11H2,1-2H3. The summed E-state index contributed by atoms with van der Waals surface area (Å²) in [7, 11) is 0. The molecule has 4 nitrogen and oxygen atoms in total. The number of aromatic nitrogens is 2. The number of halogens is 1. The van der Waals surface area contributed by atoms with Crippen LogP contribution in [0.4, 0.5) is 0 Å². The van der Waals surface area contributed by atoms with Crippen LogP contribution < -0.4 is 9.47 Å². The van der Waals surface area contributed by atoms with E-state index < -0.39 is 0 Å². The van der Waals surface area contributed by atoms with Crippen molar-refractivity contribution in [2.24, 2.45) is 0 Å². The van der Waals surface area contributed by atoms with Gasteiger partial charge in [-0.15, -0.1) is 0 Å².